The summed E-state index contributed by atoms with van der Waals surface area (Å²) in [6, 6.07) is 5.36. The van der Waals surface area contributed by atoms with Crippen molar-refractivity contribution in [2.75, 3.05) is 25.5 Å². The van der Waals surface area contributed by atoms with Gasteiger partial charge in [-0.15, -0.1) is 11.6 Å². The van der Waals surface area contributed by atoms with Crippen LogP contribution in [0.15, 0.2) is 18.2 Å². The average Bonchev–Trinajstić information content (AvgIpc) is 2.42. The third-order valence-electron chi connectivity index (χ3n) is 3.09. The molecule has 1 aliphatic rings. The first-order valence-corrected chi connectivity index (χ1v) is 6.94. The molecule has 0 atom stereocenters. The summed E-state index contributed by atoms with van der Waals surface area (Å²) in [5.41, 5.74) is 1.57. The van der Waals surface area contributed by atoms with E-state index in [-0.39, 0.29) is 17.7 Å². The number of halogens is 2. The van der Waals surface area contributed by atoms with Crippen molar-refractivity contribution in [2.24, 2.45) is 0 Å². The number of rotatable bonds is 4. The molecular formula is C13H14Cl2N2O2. The van der Waals surface area contributed by atoms with Crippen molar-refractivity contribution < 1.29 is 9.59 Å². The second-order valence-electron chi connectivity index (χ2n) is 4.29. The molecule has 0 aliphatic carbocycles. The smallest absolute Gasteiger partial charge is 0.254 e. The van der Waals surface area contributed by atoms with Crippen LogP contribution in [0.4, 0.5) is 0 Å². The van der Waals surface area contributed by atoms with E-state index in [2.05, 4.69) is 5.32 Å². The van der Waals surface area contributed by atoms with Gasteiger partial charge in [-0.05, 0) is 24.1 Å². The van der Waals surface area contributed by atoms with E-state index in [4.69, 9.17) is 23.2 Å². The van der Waals surface area contributed by atoms with Gasteiger partial charge in [-0.3, -0.25) is 9.59 Å². The predicted molar refractivity (Wildman–Crippen MR) is 74.8 cm³/mol. The van der Waals surface area contributed by atoms with E-state index >= 15 is 0 Å². The Hall–Kier alpha value is -1.26. The van der Waals surface area contributed by atoms with Crippen LogP contribution in [0.1, 0.15) is 15.9 Å². The van der Waals surface area contributed by atoms with Crippen molar-refractivity contribution in [1.29, 1.82) is 0 Å². The van der Waals surface area contributed by atoms with Crippen molar-refractivity contribution in [3.8, 4) is 0 Å². The fraction of sp³-hybridized carbons (Fsp3) is 0.385. The van der Waals surface area contributed by atoms with Crippen LogP contribution in [0.5, 0.6) is 0 Å². The quantitative estimate of drug-likeness (QED) is 0.861. The lowest BCUT2D eigenvalue weighted by atomic mass is 9.99. The minimum Gasteiger partial charge on any atom is -0.353 e. The van der Waals surface area contributed by atoms with Crippen molar-refractivity contribution in [2.45, 2.75) is 6.42 Å². The lowest BCUT2D eigenvalue weighted by Crippen LogP contribution is -2.42. The molecule has 19 heavy (non-hydrogen) atoms. The summed E-state index contributed by atoms with van der Waals surface area (Å²) in [4.78, 5) is 25.0. The first-order valence-electron chi connectivity index (χ1n) is 6.03. The van der Waals surface area contributed by atoms with Crippen LogP contribution in [0.25, 0.3) is 0 Å². The molecule has 0 unspecified atom stereocenters. The van der Waals surface area contributed by atoms with E-state index in [9.17, 15) is 9.59 Å². The molecule has 0 saturated carbocycles. The first-order chi connectivity index (χ1) is 9.13. The highest BCUT2D eigenvalue weighted by molar-refractivity contribution is 6.32. The van der Waals surface area contributed by atoms with Crippen LogP contribution >= 0.6 is 23.2 Å². The summed E-state index contributed by atoms with van der Waals surface area (Å²) in [7, 11) is 0. The minimum atomic E-state index is -0.227. The molecule has 1 heterocycles. The van der Waals surface area contributed by atoms with E-state index in [0.717, 1.165) is 12.0 Å². The molecule has 2 rings (SSSR count). The SMILES string of the molecule is O=C(CCl)NCCN1CCc2c(Cl)cccc2C1=O. The van der Waals surface area contributed by atoms with Gasteiger partial charge >= 0.3 is 0 Å². The van der Waals surface area contributed by atoms with Gasteiger partial charge in [0.15, 0.2) is 0 Å². The Morgan fingerprint density at radius 1 is 1.42 bits per heavy atom. The molecule has 0 radical (unpaired) electrons. The number of carbonyl (C=O) groups excluding carboxylic acids is 2. The molecule has 2 amide bonds. The van der Waals surface area contributed by atoms with E-state index in [1.165, 1.54) is 0 Å². The van der Waals surface area contributed by atoms with Crippen LogP contribution in [0.2, 0.25) is 5.02 Å². The number of nitrogens with zero attached hydrogens (tertiary/aromatic N) is 1. The molecule has 102 valence electrons. The van der Waals surface area contributed by atoms with Gasteiger partial charge in [-0.1, -0.05) is 17.7 Å². The molecule has 0 spiro atoms. The Morgan fingerprint density at radius 3 is 2.95 bits per heavy atom. The van der Waals surface area contributed by atoms with Gasteiger partial charge in [0.05, 0.1) is 0 Å². The summed E-state index contributed by atoms with van der Waals surface area (Å²) < 4.78 is 0. The number of benzene rings is 1. The van der Waals surface area contributed by atoms with Crippen molar-refractivity contribution in [3.05, 3.63) is 34.3 Å². The molecule has 1 aromatic rings. The lowest BCUT2D eigenvalue weighted by Gasteiger charge is -2.29. The van der Waals surface area contributed by atoms with Gasteiger partial charge in [0.1, 0.15) is 5.88 Å². The molecule has 1 N–H and O–H groups in total. The Labute approximate surface area is 121 Å². The number of hydrogen-bond acceptors (Lipinski definition) is 2. The molecule has 6 heteroatoms. The minimum absolute atomic E-state index is 0.0381. The maximum Gasteiger partial charge on any atom is 0.254 e. The van der Waals surface area contributed by atoms with Gasteiger partial charge in [0, 0.05) is 30.2 Å². The zero-order chi connectivity index (χ0) is 13.8. The van der Waals surface area contributed by atoms with Gasteiger partial charge in [0.2, 0.25) is 5.91 Å². The standard InChI is InChI=1S/C13H14Cl2N2O2/c14-8-12(18)16-5-7-17-6-4-9-10(13(17)19)2-1-3-11(9)15/h1-3H,4-8H2,(H,16,18). The molecule has 1 aromatic carbocycles. The van der Waals surface area contributed by atoms with Crippen molar-refractivity contribution in [3.63, 3.8) is 0 Å². The molecule has 1 aliphatic heterocycles. The van der Waals surface area contributed by atoms with Crippen molar-refractivity contribution >= 4 is 35.0 Å². The Kier molecular flexibility index (Phi) is 4.66. The maximum atomic E-state index is 12.2. The number of nitrogens with one attached hydrogen (secondary N) is 1. The Morgan fingerprint density at radius 2 is 2.21 bits per heavy atom. The maximum absolute atomic E-state index is 12.2. The zero-order valence-corrected chi connectivity index (χ0v) is 11.8. The number of fused-ring (bicyclic) bond motifs is 1. The Balaban J connectivity index is 2.00. The van der Waals surface area contributed by atoms with E-state index in [0.29, 0.717) is 30.2 Å². The highest BCUT2D eigenvalue weighted by Crippen LogP contribution is 2.25. The van der Waals surface area contributed by atoms with Crippen LogP contribution in [-0.4, -0.2) is 42.2 Å². The summed E-state index contributed by atoms with van der Waals surface area (Å²) in [6.07, 6.45) is 0.740. The molecule has 0 fully saturated rings. The number of amides is 2. The predicted octanol–water partition coefficient (Wildman–Crippen LogP) is 1.69. The summed E-state index contributed by atoms with van der Waals surface area (Å²) in [6.45, 7) is 1.51. The van der Waals surface area contributed by atoms with E-state index < -0.39 is 0 Å². The van der Waals surface area contributed by atoms with Crippen LogP contribution < -0.4 is 5.32 Å². The second kappa shape index (κ2) is 6.26. The zero-order valence-electron chi connectivity index (χ0n) is 10.3. The van der Waals surface area contributed by atoms with Gasteiger partial charge in [-0.2, -0.15) is 0 Å². The fourth-order valence-electron chi connectivity index (χ4n) is 2.12. The highest BCUT2D eigenvalue weighted by atomic mass is 35.5. The van der Waals surface area contributed by atoms with Gasteiger partial charge in [-0.25, -0.2) is 0 Å². The Bertz CT molecular complexity index is 505. The van der Waals surface area contributed by atoms with Crippen LogP contribution in [0.3, 0.4) is 0 Å². The summed E-state index contributed by atoms with van der Waals surface area (Å²) >= 11 is 11.5. The fourth-order valence-corrected chi connectivity index (χ4v) is 2.49. The van der Waals surface area contributed by atoms with E-state index in [1.807, 2.05) is 0 Å². The van der Waals surface area contributed by atoms with Gasteiger partial charge < -0.3 is 10.2 Å². The molecule has 0 bridgehead atoms. The van der Waals surface area contributed by atoms with Crippen LogP contribution in [0, 0.1) is 0 Å². The number of carbonyl (C=O) groups is 2. The summed E-state index contributed by atoms with van der Waals surface area (Å²) in [5, 5.41) is 3.28. The largest absolute Gasteiger partial charge is 0.353 e. The molecular weight excluding hydrogens is 287 g/mol. The highest BCUT2D eigenvalue weighted by Gasteiger charge is 2.25. The first kappa shape index (κ1) is 14.2. The molecule has 0 aromatic heterocycles. The number of alkyl halides is 1. The monoisotopic (exact) mass is 300 g/mol. The lowest BCUT2D eigenvalue weighted by molar-refractivity contribution is -0.118. The number of hydrogen-bond donors (Lipinski definition) is 1. The topological polar surface area (TPSA) is 49.4 Å². The average molecular weight is 301 g/mol. The summed E-state index contributed by atoms with van der Waals surface area (Å²) in [5.74, 6) is -0.328. The third kappa shape index (κ3) is 3.19. The van der Waals surface area contributed by atoms with Crippen molar-refractivity contribution in [1.82, 2.24) is 10.2 Å². The normalized spacial score (nSPS) is 14.2. The van der Waals surface area contributed by atoms with Crippen LogP contribution in [-0.2, 0) is 11.2 Å². The molecule has 0 saturated heterocycles. The van der Waals surface area contributed by atoms with E-state index in [1.54, 1.807) is 23.1 Å². The van der Waals surface area contributed by atoms with Gasteiger partial charge in [0.25, 0.3) is 5.91 Å². The second-order valence-corrected chi connectivity index (χ2v) is 4.97. The molecule has 4 nitrogen and oxygen atoms in total. The third-order valence-corrected chi connectivity index (χ3v) is 3.69.